The van der Waals surface area contributed by atoms with Crippen LogP contribution >= 0.6 is 0 Å². The van der Waals surface area contributed by atoms with Crippen molar-refractivity contribution in [1.82, 2.24) is 0 Å². The summed E-state index contributed by atoms with van der Waals surface area (Å²) in [5, 5.41) is 35.0. The Morgan fingerprint density at radius 1 is 1.08 bits per heavy atom. The monoisotopic (exact) mass is 352 g/mol. The van der Waals surface area contributed by atoms with Crippen molar-refractivity contribution in [3.8, 4) is 11.8 Å². The molecule has 142 valence electrons. The van der Waals surface area contributed by atoms with Crippen LogP contribution in [0.1, 0.15) is 77.0 Å². The molecular weight excluding hydrogens is 320 g/mol. The van der Waals surface area contributed by atoms with Gasteiger partial charge in [-0.3, -0.25) is 4.79 Å². The van der Waals surface area contributed by atoms with Crippen LogP contribution in [0.4, 0.5) is 0 Å². The normalized spacial score (nSPS) is 20.6. The van der Waals surface area contributed by atoms with Crippen LogP contribution in [0, 0.1) is 23.7 Å². The molecule has 5 heteroatoms. The number of allylic oxidation sites excluding steroid dienone is 2. The molecule has 5 nitrogen and oxygen atoms in total. The van der Waals surface area contributed by atoms with Gasteiger partial charge >= 0.3 is 5.97 Å². The van der Waals surface area contributed by atoms with Gasteiger partial charge in [-0.15, -0.1) is 5.92 Å². The lowest BCUT2D eigenvalue weighted by Crippen LogP contribution is -2.26. The number of unbranched alkanes of at least 4 members (excludes halogenated alkanes) is 4. The summed E-state index contributed by atoms with van der Waals surface area (Å²) in [7, 11) is 0. The lowest BCUT2D eigenvalue weighted by atomic mass is 9.93. The van der Waals surface area contributed by atoms with E-state index in [-0.39, 0.29) is 12.8 Å². The Balaban J connectivity index is 2.16. The smallest absolute Gasteiger partial charge is 0.303 e. The highest BCUT2D eigenvalue weighted by Gasteiger charge is 2.24. The highest BCUT2D eigenvalue weighted by atomic mass is 16.7. The molecule has 25 heavy (non-hydrogen) atoms. The number of aliphatic hydroxyl groups is 3. The van der Waals surface area contributed by atoms with E-state index >= 15 is 0 Å². The molecule has 1 saturated carbocycles. The number of rotatable bonds is 11. The standard InChI is InChI=1S/C20H32O5/c21-19(22)15-8-4-3-7-12-18-14-10-13-17(18)11-6-2-1-5-9-16-20(23,24)25/h3,7,17-18,23-25H,1-2,4-5,8-10,12-16H2,(H,21,22)/t17-,18-/m0/s1. The summed E-state index contributed by atoms with van der Waals surface area (Å²) in [5.74, 6) is 4.45. The topological polar surface area (TPSA) is 98.0 Å². The summed E-state index contributed by atoms with van der Waals surface area (Å²) < 4.78 is 0. The van der Waals surface area contributed by atoms with E-state index in [2.05, 4.69) is 24.0 Å². The van der Waals surface area contributed by atoms with E-state index in [1.807, 2.05) is 0 Å². The molecule has 0 unspecified atom stereocenters. The number of aliphatic carboxylic acids is 1. The number of carbonyl (C=O) groups is 1. The van der Waals surface area contributed by atoms with Crippen molar-refractivity contribution in [2.24, 2.45) is 11.8 Å². The molecule has 4 N–H and O–H groups in total. The second-order valence-electron chi connectivity index (χ2n) is 6.95. The van der Waals surface area contributed by atoms with E-state index in [1.165, 1.54) is 12.8 Å². The number of hydrogen-bond acceptors (Lipinski definition) is 4. The zero-order valence-corrected chi connectivity index (χ0v) is 15.0. The van der Waals surface area contributed by atoms with Crippen LogP contribution in [0.5, 0.6) is 0 Å². The first-order valence-corrected chi connectivity index (χ1v) is 9.41. The van der Waals surface area contributed by atoms with Gasteiger partial charge in [0.1, 0.15) is 0 Å². The van der Waals surface area contributed by atoms with Crippen LogP contribution in [0.2, 0.25) is 0 Å². The molecule has 0 heterocycles. The highest BCUT2D eigenvalue weighted by Crippen LogP contribution is 2.34. The van der Waals surface area contributed by atoms with Gasteiger partial charge in [0, 0.05) is 25.2 Å². The highest BCUT2D eigenvalue weighted by molar-refractivity contribution is 5.66. The number of carboxylic acid groups (broad SMARTS) is 1. The van der Waals surface area contributed by atoms with Crippen LogP contribution in [0.15, 0.2) is 12.2 Å². The first-order chi connectivity index (χ1) is 11.9. The minimum absolute atomic E-state index is 0.0239. The zero-order chi connectivity index (χ0) is 18.5. The third kappa shape index (κ3) is 11.8. The molecule has 0 spiro atoms. The predicted octanol–water partition coefficient (Wildman–Crippen LogP) is 3.19. The van der Waals surface area contributed by atoms with Crippen molar-refractivity contribution in [3.05, 3.63) is 12.2 Å². The average molecular weight is 352 g/mol. The summed E-state index contributed by atoms with van der Waals surface area (Å²) in [5.41, 5.74) is 0. The minimum atomic E-state index is -2.54. The quantitative estimate of drug-likeness (QED) is 0.198. The van der Waals surface area contributed by atoms with Crippen molar-refractivity contribution in [3.63, 3.8) is 0 Å². The van der Waals surface area contributed by atoms with Crippen LogP contribution in [-0.4, -0.2) is 32.4 Å². The van der Waals surface area contributed by atoms with Crippen molar-refractivity contribution in [2.75, 3.05) is 0 Å². The second-order valence-corrected chi connectivity index (χ2v) is 6.95. The van der Waals surface area contributed by atoms with Gasteiger partial charge in [0.25, 0.3) is 5.97 Å². The first-order valence-electron chi connectivity index (χ1n) is 9.41. The summed E-state index contributed by atoms with van der Waals surface area (Å²) in [6.45, 7) is 0. The minimum Gasteiger partial charge on any atom is -0.481 e. The molecule has 1 aliphatic rings. The molecule has 0 amide bonds. The maximum Gasteiger partial charge on any atom is 0.303 e. The van der Waals surface area contributed by atoms with E-state index in [4.69, 9.17) is 20.4 Å². The Bertz CT molecular complexity index is 467. The van der Waals surface area contributed by atoms with Gasteiger partial charge in [-0.05, 0) is 50.9 Å². The third-order valence-electron chi connectivity index (χ3n) is 4.63. The van der Waals surface area contributed by atoms with Crippen molar-refractivity contribution >= 4 is 5.97 Å². The van der Waals surface area contributed by atoms with Crippen LogP contribution in [0.25, 0.3) is 0 Å². The molecule has 0 aliphatic heterocycles. The Morgan fingerprint density at radius 2 is 1.88 bits per heavy atom. The maximum atomic E-state index is 10.4. The fourth-order valence-corrected chi connectivity index (χ4v) is 3.22. The Hall–Kier alpha value is -1.35. The summed E-state index contributed by atoms with van der Waals surface area (Å²) in [4.78, 5) is 10.4. The van der Waals surface area contributed by atoms with E-state index in [0.717, 1.165) is 38.5 Å². The van der Waals surface area contributed by atoms with Crippen molar-refractivity contribution in [2.45, 2.75) is 83.0 Å². The molecule has 0 bridgehead atoms. The fraction of sp³-hybridized carbons (Fsp3) is 0.750. The molecule has 0 aromatic heterocycles. The number of hydrogen-bond donors (Lipinski definition) is 4. The SMILES string of the molecule is O=C(O)CCCC=CC[C@H]1CCC[C@@H]1C#CCCCCCC(O)(O)O. The molecule has 0 aromatic rings. The summed E-state index contributed by atoms with van der Waals surface area (Å²) in [6.07, 6.45) is 13.7. The average Bonchev–Trinajstić information content (AvgIpc) is 2.96. The first kappa shape index (κ1) is 21.7. The molecular formula is C20H32O5. The predicted molar refractivity (Wildman–Crippen MR) is 96.3 cm³/mol. The van der Waals surface area contributed by atoms with Crippen molar-refractivity contribution < 1.29 is 25.2 Å². The van der Waals surface area contributed by atoms with Crippen LogP contribution in [0.3, 0.4) is 0 Å². The molecule has 0 saturated heterocycles. The maximum absolute atomic E-state index is 10.4. The second kappa shape index (κ2) is 12.1. The Kier molecular flexibility index (Phi) is 10.5. The Labute approximate surface area is 150 Å². The molecule has 2 atom stereocenters. The van der Waals surface area contributed by atoms with Crippen LogP contribution in [-0.2, 0) is 4.79 Å². The van der Waals surface area contributed by atoms with Gasteiger partial charge in [0.15, 0.2) is 0 Å². The molecule has 1 fully saturated rings. The molecule has 1 aliphatic carbocycles. The lowest BCUT2D eigenvalue weighted by Gasteiger charge is -2.12. The molecule has 0 aromatic carbocycles. The zero-order valence-electron chi connectivity index (χ0n) is 15.0. The van der Waals surface area contributed by atoms with E-state index < -0.39 is 11.9 Å². The van der Waals surface area contributed by atoms with E-state index in [1.54, 1.807) is 0 Å². The fourth-order valence-electron chi connectivity index (χ4n) is 3.22. The van der Waals surface area contributed by atoms with E-state index in [9.17, 15) is 4.79 Å². The third-order valence-corrected chi connectivity index (χ3v) is 4.63. The van der Waals surface area contributed by atoms with Gasteiger partial charge < -0.3 is 20.4 Å². The lowest BCUT2D eigenvalue weighted by molar-refractivity contribution is -0.315. The van der Waals surface area contributed by atoms with Gasteiger partial charge in [0.2, 0.25) is 0 Å². The summed E-state index contributed by atoms with van der Waals surface area (Å²) >= 11 is 0. The van der Waals surface area contributed by atoms with Gasteiger partial charge in [-0.2, -0.15) is 0 Å². The van der Waals surface area contributed by atoms with Gasteiger partial charge in [-0.25, -0.2) is 0 Å². The molecule has 1 rings (SSSR count). The largest absolute Gasteiger partial charge is 0.481 e. The van der Waals surface area contributed by atoms with Gasteiger partial charge in [-0.1, -0.05) is 30.9 Å². The Morgan fingerprint density at radius 3 is 2.60 bits per heavy atom. The molecule has 0 radical (unpaired) electrons. The van der Waals surface area contributed by atoms with Crippen LogP contribution < -0.4 is 0 Å². The van der Waals surface area contributed by atoms with Gasteiger partial charge in [0.05, 0.1) is 0 Å². The van der Waals surface area contributed by atoms with Crippen molar-refractivity contribution in [1.29, 1.82) is 0 Å². The van der Waals surface area contributed by atoms with E-state index in [0.29, 0.717) is 24.7 Å². The number of carboxylic acids is 1. The summed E-state index contributed by atoms with van der Waals surface area (Å²) in [6, 6.07) is 0.